The number of aliphatic hydroxyl groups is 1. The summed E-state index contributed by atoms with van der Waals surface area (Å²) in [6, 6.07) is 1.42. The van der Waals surface area contributed by atoms with Crippen molar-refractivity contribution in [3.63, 3.8) is 0 Å². The lowest BCUT2D eigenvalue weighted by Crippen LogP contribution is -2.51. The maximum atomic E-state index is 13.3. The van der Waals surface area contributed by atoms with Gasteiger partial charge in [-0.15, -0.1) is 0 Å². The van der Waals surface area contributed by atoms with Crippen LogP contribution >= 0.6 is 0 Å². The Bertz CT molecular complexity index is 855. The van der Waals surface area contributed by atoms with E-state index in [1.54, 1.807) is 29.1 Å². The van der Waals surface area contributed by atoms with Crippen molar-refractivity contribution in [2.75, 3.05) is 59.6 Å². The zero-order valence-corrected chi connectivity index (χ0v) is 20.1. The normalized spacial score (nSPS) is 22.9. The number of aliphatic hydroxyl groups excluding tert-OH is 1. The molecule has 0 spiro atoms. The molecule has 1 aromatic heterocycles. The van der Waals surface area contributed by atoms with Gasteiger partial charge in [-0.3, -0.25) is 14.5 Å². The monoisotopic (exact) mass is 460 g/mol. The number of morpholine rings is 1. The summed E-state index contributed by atoms with van der Waals surface area (Å²) >= 11 is 0. The number of carbonyl (C=O) groups excluding carboxylic acids is 2. The zero-order chi connectivity index (χ0) is 24.0. The molecule has 0 aliphatic carbocycles. The summed E-state index contributed by atoms with van der Waals surface area (Å²) in [6.45, 7) is 9.48. The minimum absolute atomic E-state index is 0.0167. The molecule has 2 aliphatic heterocycles. The molecule has 3 rings (SSSR count). The number of hydrogen-bond acceptors (Lipinski definition) is 7. The third-order valence-corrected chi connectivity index (χ3v) is 6.24. The van der Waals surface area contributed by atoms with Gasteiger partial charge in [-0.25, -0.2) is 4.98 Å². The van der Waals surface area contributed by atoms with Crippen molar-refractivity contribution in [3.8, 4) is 5.88 Å². The van der Waals surface area contributed by atoms with E-state index in [-0.39, 0.29) is 42.4 Å². The van der Waals surface area contributed by atoms with Crippen LogP contribution in [0.1, 0.15) is 36.7 Å². The summed E-state index contributed by atoms with van der Waals surface area (Å²) in [5, 5.41) is 9.76. The molecule has 1 N–H and O–H groups in total. The number of pyridine rings is 1. The topological polar surface area (TPSA) is 95.4 Å². The molecule has 1 fully saturated rings. The number of hydrogen-bond donors (Lipinski definition) is 1. The highest BCUT2D eigenvalue weighted by Crippen LogP contribution is 2.27. The van der Waals surface area contributed by atoms with Gasteiger partial charge >= 0.3 is 0 Å². The molecule has 3 heterocycles. The number of fused-ring (bicyclic) bond motifs is 1. The van der Waals surface area contributed by atoms with Crippen LogP contribution in [0.3, 0.4) is 0 Å². The standard InChI is InChI=1S/C24H36N4O5/c1-5-6-19-11-20-23(25-12-19)33-21(17(2)13-28(24(20)31)18(3)16-29)14-26(4)22(30)15-27-7-9-32-10-8-27/h5-6,11-12,17-18,21,29H,7-10,13-16H2,1-4H3/b6-5+/t17-,18+,21-/m1/s1. The Morgan fingerprint density at radius 1 is 1.39 bits per heavy atom. The molecule has 1 saturated heterocycles. The fraction of sp³-hybridized carbons (Fsp3) is 0.625. The molecule has 182 valence electrons. The van der Waals surface area contributed by atoms with Gasteiger partial charge in [0, 0.05) is 38.8 Å². The van der Waals surface area contributed by atoms with E-state index in [0.717, 1.165) is 18.7 Å². The number of amides is 2. The van der Waals surface area contributed by atoms with E-state index in [0.29, 0.717) is 38.4 Å². The number of likely N-dealkylation sites (N-methyl/N-ethyl adjacent to an activating group) is 1. The third kappa shape index (κ3) is 6.31. The largest absolute Gasteiger partial charge is 0.472 e. The van der Waals surface area contributed by atoms with Gasteiger partial charge in [0.1, 0.15) is 11.7 Å². The minimum atomic E-state index is -0.357. The molecular weight excluding hydrogens is 424 g/mol. The lowest BCUT2D eigenvalue weighted by molar-refractivity contribution is -0.133. The first-order valence-electron chi connectivity index (χ1n) is 11.6. The number of nitrogens with zero attached hydrogens (tertiary/aromatic N) is 4. The van der Waals surface area contributed by atoms with E-state index in [9.17, 15) is 14.7 Å². The quantitative estimate of drug-likeness (QED) is 0.652. The molecule has 2 aliphatic rings. The molecule has 2 amide bonds. The van der Waals surface area contributed by atoms with E-state index in [1.165, 1.54) is 0 Å². The van der Waals surface area contributed by atoms with Crippen molar-refractivity contribution >= 4 is 17.9 Å². The van der Waals surface area contributed by atoms with Gasteiger partial charge in [0.25, 0.3) is 5.91 Å². The third-order valence-electron chi connectivity index (χ3n) is 6.24. The number of carbonyl (C=O) groups is 2. The molecule has 0 unspecified atom stereocenters. The molecule has 0 radical (unpaired) electrons. The van der Waals surface area contributed by atoms with Gasteiger partial charge in [0.2, 0.25) is 11.8 Å². The molecule has 1 aromatic rings. The van der Waals surface area contributed by atoms with Crippen molar-refractivity contribution in [2.24, 2.45) is 5.92 Å². The van der Waals surface area contributed by atoms with Crippen molar-refractivity contribution in [2.45, 2.75) is 32.9 Å². The fourth-order valence-electron chi connectivity index (χ4n) is 4.06. The van der Waals surface area contributed by atoms with Crippen LogP contribution in [-0.2, 0) is 9.53 Å². The summed E-state index contributed by atoms with van der Waals surface area (Å²) < 4.78 is 11.6. The van der Waals surface area contributed by atoms with E-state index in [4.69, 9.17) is 9.47 Å². The Morgan fingerprint density at radius 3 is 2.79 bits per heavy atom. The van der Waals surface area contributed by atoms with Crippen molar-refractivity contribution in [3.05, 3.63) is 29.5 Å². The van der Waals surface area contributed by atoms with Crippen LogP contribution in [0.15, 0.2) is 18.3 Å². The Kier molecular flexibility index (Phi) is 8.82. The Hall–Kier alpha value is -2.49. The Balaban J connectivity index is 1.82. The molecule has 0 saturated carbocycles. The summed E-state index contributed by atoms with van der Waals surface area (Å²) in [5.74, 6) is -0.0174. The Labute approximate surface area is 196 Å². The van der Waals surface area contributed by atoms with Gasteiger partial charge in [0.15, 0.2) is 0 Å². The van der Waals surface area contributed by atoms with E-state index < -0.39 is 0 Å². The van der Waals surface area contributed by atoms with Crippen LogP contribution in [0.25, 0.3) is 6.08 Å². The van der Waals surface area contributed by atoms with E-state index in [1.807, 2.05) is 32.9 Å². The summed E-state index contributed by atoms with van der Waals surface area (Å²) in [4.78, 5) is 36.1. The average molecular weight is 461 g/mol. The van der Waals surface area contributed by atoms with E-state index >= 15 is 0 Å². The predicted molar refractivity (Wildman–Crippen MR) is 125 cm³/mol. The lowest BCUT2D eigenvalue weighted by atomic mass is 10.00. The highest BCUT2D eigenvalue weighted by Gasteiger charge is 2.34. The van der Waals surface area contributed by atoms with Gasteiger partial charge < -0.3 is 24.4 Å². The van der Waals surface area contributed by atoms with Crippen LogP contribution in [0.2, 0.25) is 0 Å². The van der Waals surface area contributed by atoms with Crippen molar-refractivity contribution in [1.29, 1.82) is 0 Å². The first-order valence-corrected chi connectivity index (χ1v) is 11.6. The van der Waals surface area contributed by atoms with Crippen LogP contribution in [-0.4, -0.2) is 108 Å². The molecular formula is C24H36N4O5. The first-order chi connectivity index (χ1) is 15.8. The molecule has 9 nitrogen and oxygen atoms in total. The second-order valence-electron chi connectivity index (χ2n) is 8.91. The molecule has 0 aromatic carbocycles. The minimum Gasteiger partial charge on any atom is -0.472 e. The average Bonchev–Trinajstić information content (AvgIpc) is 2.82. The number of allylic oxidation sites excluding steroid dienone is 1. The number of rotatable bonds is 7. The molecule has 3 atom stereocenters. The second-order valence-corrected chi connectivity index (χ2v) is 8.91. The maximum Gasteiger partial charge on any atom is 0.259 e. The summed E-state index contributed by atoms with van der Waals surface area (Å²) in [6.07, 6.45) is 5.06. The number of ether oxygens (including phenoxy) is 2. The smallest absolute Gasteiger partial charge is 0.259 e. The van der Waals surface area contributed by atoms with Crippen LogP contribution in [0.5, 0.6) is 5.88 Å². The van der Waals surface area contributed by atoms with Gasteiger partial charge in [-0.1, -0.05) is 19.1 Å². The molecule has 0 bridgehead atoms. The Morgan fingerprint density at radius 2 is 2.12 bits per heavy atom. The fourth-order valence-corrected chi connectivity index (χ4v) is 4.06. The number of aromatic nitrogens is 1. The lowest BCUT2D eigenvalue weighted by Gasteiger charge is -2.38. The van der Waals surface area contributed by atoms with Gasteiger partial charge in [-0.2, -0.15) is 0 Å². The van der Waals surface area contributed by atoms with Crippen LogP contribution < -0.4 is 4.74 Å². The van der Waals surface area contributed by atoms with Crippen LogP contribution in [0.4, 0.5) is 0 Å². The summed E-state index contributed by atoms with van der Waals surface area (Å²) in [7, 11) is 1.78. The maximum absolute atomic E-state index is 13.3. The van der Waals surface area contributed by atoms with Crippen molar-refractivity contribution in [1.82, 2.24) is 19.7 Å². The predicted octanol–water partition coefficient (Wildman–Crippen LogP) is 1.13. The SMILES string of the molecule is C/C=C/c1cnc2c(c1)C(=O)N([C@@H](C)CO)C[C@@H](C)[C@@H](CN(C)C(=O)CN1CCOCC1)O2. The highest BCUT2D eigenvalue weighted by atomic mass is 16.5. The first kappa shape index (κ1) is 25.1. The summed E-state index contributed by atoms with van der Waals surface area (Å²) in [5.41, 5.74) is 1.16. The highest BCUT2D eigenvalue weighted by molar-refractivity contribution is 5.97. The molecule has 33 heavy (non-hydrogen) atoms. The molecule has 9 heteroatoms. The van der Waals surface area contributed by atoms with Crippen molar-refractivity contribution < 1.29 is 24.2 Å². The zero-order valence-electron chi connectivity index (χ0n) is 20.1. The second kappa shape index (κ2) is 11.6. The van der Waals surface area contributed by atoms with Gasteiger partial charge in [0.05, 0.1) is 39.0 Å². The van der Waals surface area contributed by atoms with Crippen LogP contribution in [0, 0.1) is 5.92 Å². The van der Waals surface area contributed by atoms with E-state index in [2.05, 4.69) is 9.88 Å². The van der Waals surface area contributed by atoms with Gasteiger partial charge in [-0.05, 0) is 25.5 Å².